The molecule has 0 atom stereocenters. The highest BCUT2D eigenvalue weighted by molar-refractivity contribution is 5.76. The van der Waals surface area contributed by atoms with Gasteiger partial charge in [-0.05, 0) is 32.4 Å². The van der Waals surface area contributed by atoms with Crippen molar-refractivity contribution in [3.05, 3.63) is 57.8 Å². The fourth-order valence-corrected chi connectivity index (χ4v) is 3.29. The first-order valence-electron chi connectivity index (χ1n) is 8.69. The topological polar surface area (TPSA) is 69.3 Å². The SMILES string of the molecule is Cc1nc(C)c(CCC(=O)N2CCN(c3ccccc3)CC2)c(=O)[nH]1. The highest BCUT2D eigenvalue weighted by atomic mass is 16.2. The Kier molecular flexibility index (Phi) is 5.16. The largest absolute Gasteiger partial charge is 0.368 e. The van der Waals surface area contributed by atoms with Gasteiger partial charge in [-0.15, -0.1) is 0 Å². The summed E-state index contributed by atoms with van der Waals surface area (Å²) < 4.78 is 0. The van der Waals surface area contributed by atoms with Crippen LogP contribution in [0.15, 0.2) is 35.1 Å². The van der Waals surface area contributed by atoms with Gasteiger partial charge >= 0.3 is 0 Å². The molecule has 132 valence electrons. The summed E-state index contributed by atoms with van der Waals surface area (Å²) in [7, 11) is 0. The maximum absolute atomic E-state index is 12.5. The lowest BCUT2D eigenvalue weighted by atomic mass is 10.1. The summed E-state index contributed by atoms with van der Waals surface area (Å²) >= 11 is 0. The molecule has 1 N–H and O–H groups in total. The van der Waals surface area contributed by atoms with Crippen LogP contribution in [0.1, 0.15) is 23.5 Å². The van der Waals surface area contributed by atoms with Crippen molar-refractivity contribution in [2.75, 3.05) is 31.1 Å². The molecule has 0 bridgehead atoms. The van der Waals surface area contributed by atoms with Crippen molar-refractivity contribution in [3.63, 3.8) is 0 Å². The summed E-state index contributed by atoms with van der Waals surface area (Å²) in [6.07, 6.45) is 0.784. The molecule has 2 aromatic rings. The number of anilines is 1. The van der Waals surface area contributed by atoms with Gasteiger partial charge in [0.25, 0.3) is 5.56 Å². The van der Waals surface area contributed by atoms with Crippen molar-refractivity contribution in [2.45, 2.75) is 26.7 Å². The molecule has 6 heteroatoms. The zero-order valence-electron chi connectivity index (χ0n) is 14.8. The van der Waals surface area contributed by atoms with Crippen LogP contribution in [0.4, 0.5) is 5.69 Å². The molecule has 1 aliphatic heterocycles. The van der Waals surface area contributed by atoms with Gasteiger partial charge in [-0.1, -0.05) is 18.2 Å². The fourth-order valence-electron chi connectivity index (χ4n) is 3.29. The van der Waals surface area contributed by atoms with Crippen LogP contribution in [-0.2, 0) is 11.2 Å². The van der Waals surface area contributed by atoms with E-state index in [0.717, 1.165) is 26.2 Å². The summed E-state index contributed by atoms with van der Waals surface area (Å²) in [6.45, 7) is 6.68. The molecule has 25 heavy (non-hydrogen) atoms. The minimum absolute atomic E-state index is 0.104. The molecule has 2 heterocycles. The van der Waals surface area contributed by atoms with Crippen LogP contribution in [0.3, 0.4) is 0 Å². The van der Waals surface area contributed by atoms with E-state index in [9.17, 15) is 9.59 Å². The molecule has 0 radical (unpaired) electrons. The number of nitrogens with zero attached hydrogens (tertiary/aromatic N) is 3. The van der Waals surface area contributed by atoms with Crippen LogP contribution in [0.25, 0.3) is 0 Å². The zero-order valence-corrected chi connectivity index (χ0v) is 14.8. The third-order valence-electron chi connectivity index (χ3n) is 4.68. The average molecular weight is 340 g/mol. The molecule has 1 aromatic heterocycles. The van der Waals surface area contributed by atoms with Crippen molar-refractivity contribution >= 4 is 11.6 Å². The van der Waals surface area contributed by atoms with Crippen LogP contribution in [0.5, 0.6) is 0 Å². The molecule has 1 aromatic carbocycles. The van der Waals surface area contributed by atoms with Gasteiger partial charge in [-0.25, -0.2) is 4.98 Å². The minimum Gasteiger partial charge on any atom is -0.368 e. The summed E-state index contributed by atoms with van der Waals surface area (Å²) in [5.41, 5.74) is 2.39. The number of hydrogen-bond donors (Lipinski definition) is 1. The second-order valence-corrected chi connectivity index (χ2v) is 6.42. The molecular formula is C19H24N4O2. The number of amides is 1. The van der Waals surface area contributed by atoms with Gasteiger partial charge < -0.3 is 14.8 Å². The van der Waals surface area contributed by atoms with Crippen LogP contribution < -0.4 is 10.5 Å². The number of nitrogens with one attached hydrogen (secondary N) is 1. The number of carbonyl (C=O) groups is 1. The molecule has 1 aliphatic rings. The van der Waals surface area contributed by atoms with Crippen LogP contribution >= 0.6 is 0 Å². The molecule has 1 saturated heterocycles. The van der Waals surface area contributed by atoms with Crippen LogP contribution in [0, 0.1) is 13.8 Å². The lowest BCUT2D eigenvalue weighted by molar-refractivity contribution is -0.131. The number of aromatic amines is 1. The van der Waals surface area contributed by atoms with E-state index < -0.39 is 0 Å². The Hall–Kier alpha value is -2.63. The van der Waals surface area contributed by atoms with E-state index >= 15 is 0 Å². The molecule has 0 aliphatic carbocycles. The third kappa shape index (κ3) is 4.07. The van der Waals surface area contributed by atoms with Crippen molar-refractivity contribution in [1.29, 1.82) is 0 Å². The van der Waals surface area contributed by atoms with Crippen LogP contribution in [-0.4, -0.2) is 47.0 Å². The number of aryl methyl sites for hydroxylation is 2. The number of hydrogen-bond acceptors (Lipinski definition) is 4. The number of para-hydroxylation sites is 1. The Morgan fingerprint density at radius 2 is 1.80 bits per heavy atom. The summed E-state index contributed by atoms with van der Waals surface area (Å²) in [4.78, 5) is 35.7. The van der Waals surface area contributed by atoms with Gasteiger partial charge in [-0.3, -0.25) is 9.59 Å². The van der Waals surface area contributed by atoms with E-state index in [0.29, 0.717) is 29.9 Å². The molecule has 1 amide bonds. The summed E-state index contributed by atoms with van der Waals surface area (Å²) in [5.74, 6) is 0.710. The Bertz CT molecular complexity index is 793. The van der Waals surface area contributed by atoms with Crippen molar-refractivity contribution < 1.29 is 4.79 Å². The molecule has 6 nitrogen and oxygen atoms in total. The Labute approximate surface area is 147 Å². The van der Waals surface area contributed by atoms with Gasteiger partial charge in [0, 0.05) is 49.5 Å². The summed E-state index contributed by atoms with van der Waals surface area (Å²) in [5, 5.41) is 0. The lowest BCUT2D eigenvalue weighted by Gasteiger charge is -2.36. The average Bonchev–Trinajstić information content (AvgIpc) is 2.61. The molecule has 0 saturated carbocycles. The van der Waals surface area contributed by atoms with E-state index in [1.807, 2.05) is 30.0 Å². The van der Waals surface area contributed by atoms with Crippen molar-refractivity contribution in [3.8, 4) is 0 Å². The number of rotatable bonds is 4. The number of piperazine rings is 1. The summed E-state index contributed by atoms with van der Waals surface area (Å²) in [6, 6.07) is 10.3. The molecule has 0 spiro atoms. The van der Waals surface area contributed by atoms with E-state index in [2.05, 4.69) is 27.0 Å². The van der Waals surface area contributed by atoms with Gasteiger partial charge in [0.15, 0.2) is 0 Å². The van der Waals surface area contributed by atoms with Gasteiger partial charge in [0.2, 0.25) is 5.91 Å². The fraction of sp³-hybridized carbons (Fsp3) is 0.421. The highest BCUT2D eigenvalue weighted by Gasteiger charge is 2.21. The molecule has 0 unspecified atom stereocenters. The van der Waals surface area contributed by atoms with Gasteiger partial charge in [0.1, 0.15) is 5.82 Å². The Balaban J connectivity index is 1.54. The van der Waals surface area contributed by atoms with Crippen molar-refractivity contribution in [1.82, 2.24) is 14.9 Å². The number of benzene rings is 1. The highest BCUT2D eigenvalue weighted by Crippen LogP contribution is 2.16. The lowest BCUT2D eigenvalue weighted by Crippen LogP contribution is -2.48. The first-order valence-corrected chi connectivity index (χ1v) is 8.69. The second-order valence-electron chi connectivity index (χ2n) is 6.42. The number of H-pyrrole nitrogens is 1. The smallest absolute Gasteiger partial charge is 0.254 e. The second kappa shape index (κ2) is 7.51. The molecule has 1 fully saturated rings. The van der Waals surface area contributed by atoms with E-state index in [1.165, 1.54) is 5.69 Å². The quantitative estimate of drug-likeness (QED) is 0.919. The predicted molar refractivity (Wildman–Crippen MR) is 97.9 cm³/mol. The Morgan fingerprint density at radius 3 is 2.44 bits per heavy atom. The first kappa shape index (κ1) is 17.2. The molecule has 3 rings (SSSR count). The molecular weight excluding hydrogens is 316 g/mol. The monoisotopic (exact) mass is 340 g/mol. The van der Waals surface area contributed by atoms with Gasteiger partial charge in [0.05, 0.1) is 0 Å². The minimum atomic E-state index is -0.133. The van der Waals surface area contributed by atoms with E-state index in [-0.39, 0.29) is 11.5 Å². The number of aromatic nitrogens is 2. The Morgan fingerprint density at radius 1 is 1.12 bits per heavy atom. The first-order chi connectivity index (χ1) is 12.0. The van der Waals surface area contributed by atoms with Gasteiger partial charge in [-0.2, -0.15) is 0 Å². The van der Waals surface area contributed by atoms with E-state index in [4.69, 9.17) is 0 Å². The van der Waals surface area contributed by atoms with Crippen LogP contribution in [0.2, 0.25) is 0 Å². The standard InChI is InChI=1S/C19H24N4O2/c1-14-17(19(25)21-15(2)20-14)8-9-18(24)23-12-10-22(11-13-23)16-6-4-3-5-7-16/h3-7H,8-13H2,1-2H3,(H,20,21,25). The van der Waals surface area contributed by atoms with E-state index in [1.54, 1.807) is 6.92 Å². The number of carbonyl (C=O) groups excluding carboxylic acids is 1. The third-order valence-corrected chi connectivity index (χ3v) is 4.68. The zero-order chi connectivity index (χ0) is 17.8. The maximum atomic E-state index is 12.5. The maximum Gasteiger partial charge on any atom is 0.254 e. The van der Waals surface area contributed by atoms with Crippen molar-refractivity contribution in [2.24, 2.45) is 0 Å². The normalized spacial score (nSPS) is 14.6. The predicted octanol–water partition coefficient (Wildman–Crippen LogP) is 1.67.